The predicted molar refractivity (Wildman–Crippen MR) is 31.7 cm³/mol. The standard InChI is InChI=1S/C4H9N3O3/c1-2-10-6-7(9)3-4(5)8/h2-3H2,1H3,(H2,5,8)/b7-6-. The molecule has 1 amide bonds. The first kappa shape index (κ1) is 8.67. The van der Waals surface area contributed by atoms with Gasteiger partial charge in [0.05, 0.1) is 0 Å². The summed E-state index contributed by atoms with van der Waals surface area (Å²) in [5, 5.41) is 13.3. The van der Waals surface area contributed by atoms with E-state index in [9.17, 15) is 10.0 Å². The third-order valence-corrected chi connectivity index (χ3v) is 0.569. The summed E-state index contributed by atoms with van der Waals surface area (Å²) in [6, 6.07) is 0. The van der Waals surface area contributed by atoms with Crippen LogP contribution in [0.15, 0.2) is 5.28 Å². The van der Waals surface area contributed by atoms with Gasteiger partial charge in [-0.05, 0) is 11.8 Å². The van der Waals surface area contributed by atoms with Crippen molar-refractivity contribution in [1.29, 1.82) is 0 Å². The number of primary amides is 1. The lowest BCUT2D eigenvalue weighted by atomic mass is 10.6. The summed E-state index contributed by atoms with van der Waals surface area (Å²) in [5.74, 6) is -0.738. The molecule has 0 saturated heterocycles. The number of nitrogens with two attached hydrogens (primary N) is 1. The van der Waals surface area contributed by atoms with Crippen LogP contribution >= 0.6 is 0 Å². The highest BCUT2D eigenvalue weighted by molar-refractivity contribution is 5.74. The molecule has 0 radical (unpaired) electrons. The van der Waals surface area contributed by atoms with E-state index < -0.39 is 12.5 Å². The van der Waals surface area contributed by atoms with Gasteiger partial charge >= 0.3 is 0 Å². The van der Waals surface area contributed by atoms with Crippen molar-refractivity contribution in [2.45, 2.75) is 6.92 Å². The maximum Gasteiger partial charge on any atom is 0.287 e. The number of amides is 1. The smallest absolute Gasteiger partial charge is 0.287 e. The molecule has 6 heteroatoms. The van der Waals surface area contributed by atoms with Crippen molar-refractivity contribution in [3.05, 3.63) is 5.21 Å². The maximum absolute atomic E-state index is 10.3. The minimum atomic E-state index is -0.738. The van der Waals surface area contributed by atoms with Gasteiger partial charge in [0.25, 0.3) is 12.5 Å². The van der Waals surface area contributed by atoms with Crippen molar-refractivity contribution < 1.29 is 14.5 Å². The normalized spacial score (nSPS) is 11.1. The Morgan fingerprint density at radius 3 is 2.90 bits per heavy atom. The van der Waals surface area contributed by atoms with Crippen molar-refractivity contribution in [3.63, 3.8) is 0 Å². The molecule has 0 aromatic rings. The fourth-order valence-electron chi connectivity index (χ4n) is 0.284. The van der Waals surface area contributed by atoms with Gasteiger partial charge in [0.1, 0.15) is 6.61 Å². The molecule has 0 heterocycles. The van der Waals surface area contributed by atoms with Crippen LogP contribution in [0.25, 0.3) is 0 Å². The topological polar surface area (TPSA) is 90.8 Å². The third kappa shape index (κ3) is 4.82. The first-order valence-electron chi connectivity index (χ1n) is 2.72. The third-order valence-electron chi connectivity index (χ3n) is 0.569. The highest BCUT2D eigenvalue weighted by Crippen LogP contribution is 1.77. The van der Waals surface area contributed by atoms with Crippen LogP contribution in [0.2, 0.25) is 0 Å². The second-order valence-electron chi connectivity index (χ2n) is 1.48. The Kier molecular flexibility index (Phi) is 3.94. The van der Waals surface area contributed by atoms with E-state index in [4.69, 9.17) is 0 Å². The average Bonchev–Trinajstić information content (AvgIpc) is 1.82. The SMILES string of the molecule is CCO/N=[N+](\[O-])CC(N)=O. The second-order valence-corrected chi connectivity index (χ2v) is 1.48. The van der Waals surface area contributed by atoms with E-state index in [2.05, 4.69) is 15.8 Å². The Hall–Kier alpha value is -1.33. The van der Waals surface area contributed by atoms with Gasteiger partial charge in [-0.3, -0.25) is 4.79 Å². The molecular weight excluding hydrogens is 138 g/mol. The lowest BCUT2D eigenvalue weighted by Gasteiger charge is -1.94. The molecule has 6 nitrogen and oxygen atoms in total. The molecule has 0 aliphatic carbocycles. The summed E-state index contributed by atoms with van der Waals surface area (Å²) in [6.45, 7) is 1.49. The Bertz CT molecular complexity index is 145. The van der Waals surface area contributed by atoms with Crippen LogP contribution in [-0.2, 0) is 9.63 Å². The number of hydroxylamine groups is 1. The predicted octanol–water partition coefficient (Wildman–Crippen LogP) is -0.614. The molecule has 0 aromatic heterocycles. The zero-order valence-corrected chi connectivity index (χ0v) is 5.61. The summed E-state index contributed by atoms with van der Waals surface area (Å²) >= 11 is 0. The van der Waals surface area contributed by atoms with Gasteiger partial charge in [-0.1, -0.05) is 0 Å². The van der Waals surface area contributed by atoms with Crippen LogP contribution in [-0.4, -0.2) is 23.9 Å². The molecule has 0 aliphatic heterocycles. The number of carbonyl (C=O) groups excluding carboxylic acids is 1. The average molecular weight is 147 g/mol. The highest BCUT2D eigenvalue weighted by atomic mass is 16.7. The molecule has 0 aliphatic rings. The summed E-state index contributed by atoms with van der Waals surface area (Å²) in [7, 11) is 0. The van der Waals surface area contributed by atoms with Gasteiger partial charge in [-0.25, -0.2) is 0 Å². The van der Waals surface area contributed by atoms with Gasteiger partial charge in [-0.2, -0.15) is 0 Å². The van der Waals surface area contributed by atoms with Crippen LogP contribution in [0, 0.1) is 5.21 Å². The molecule has 0 rings (SSSR count). The molecule has 0 fully saturated rings. The van der Waals surface area contributed by atoms with Gasteiger partial charge < -0.3 is 15.8 Å². The summed E-state index contributed by atoms with van der Waals surface area (Å²) in [4.78, 5) is 14.5. The number of carbonyl (C=O) groups is 1. The van der Waals surface area contributed by atoms with Gasteiger partial charge in [-0.15, -0.1) is 0 Å². The van der Waals surface area contributed by atoms with Crippen molar-refractivity contribution >= 4 is 5.91 Å². The number of rotatable bonds is 4. The minimum Gasteiger partial charge on any atom is -0.597 e. The van der Waals surface area contributed by atoms with E-state index in [0.717, 1.165) is 0 Å². The number of nitrogens with zero attached hydrogens (tertiary/aromatic N) is 2. The minimum absolute atomic E-state index is 0.0891. The second kappa shape index (κ2) is 4.54. The maximum atomic E-state index is 10.3. The molecule has 58 valence electrons. The molecule has 0 bridgehead atoms. The van der Waals surface area contributed by atoms with Crippen molar-refractivity contribution in [1.82, 2.24) is 0 Å². The van der Waals surface area contributed by atoms with Crippen LogP contribution in [0.3, 0.4) is 0 Å². The van der Waals surface area contributed by atoms with Gasteiger partial charge in [0.15, 0.2) is 5.28 Å². The van der Waals surface area contributed by atoms with Gasteiger partial charge in [0, 0.05) is 0 Å². The molecule has 0 aromatic carbocycles. The summed E-state index contributed by atoms with van der Waals surface area (Å²) < 4.78 is 0. The van der Waals surface area contributed by atoms with Crippen molar-refractivity contribution in [3.8, 4) is 0 Å². The Labute approximate surface area is 57.8 Å². The highest BCUT2D eigenvalue weighted by Gasteiger charge is 2.00. The molecule has 0 saturated carbocycles. The summed E-state index contributed by atoms with van der Waals surface area (Å²) in [5.41, 5.74) is 4.67. The van der Waals surface area contributed by atoms with E-state index in [1.165, 1.54) is 0 Å². The Morgan fingerprint density at radius 2 is 2.50 bits per heavy atom. The Balaban J connectivity index is 3.59. The molecule has 0 unspecified atom stereocenters. The van der Waals surface area contributed by atoms with Gasteiger partial charge in [0.2, 0.25) is 0 Å². The van der Waals surface area contributed by atoms with Crippen LogP contribution in [0.5, 0.6) is 0 Å². The lowest BCUT2D eigenvalue weighted by Crippen LogP contribution is -2.22. The first-order valence-corrected chi connectivity index (χ1v) is 2.72. The monoisotopic (exact) mass is 147 g/mol. The van der Waals surface area contributed by atoms with E-state index in [-0.39, 0.29) is 11.5 Å². The van der Waals surface area contributed by atoms with Crippen LogP contribution in [0.4, 0.5) is 0 Å². The molecule has 10 heavy (non-hydrogen) atoms. The van der Waals surface area contributed by atoms with E-state index in [1.807, 2.05) is 0 Å². The quantitative estimate of drug-likeness (QED) is 0.326. The van der Waals surface area contributed by atoms with Crippen molar-refractivity contribution in [2.75, 3.05) is 13.2 Å². The number of hydrogen-bond donors (Lipinski definition) is 1. The number of hydrogen-bond acceptors (Lipinski definition) is 4. The molecule has 0 spiro atoms. The Morgan fingerprint density at radius 1 is 1.90 bits per heavy atom. The fourth-order valence-corrected chi connectivity index (χ4v) is 0.284. The van der Waals surface area contributed by atoms with E-state index in [0.29, 0.717) is 0 Å². The molecule has 2 N–H and O–H groups in total. The van der Waals surface area contributed by atoms with Crippen LogP contribution < -0.4 is 5.73 Å². The fraction of sp³-hybridized carbons (Fsp3) is 0.750. The molecular formula is C4H9N3O3. The largest absolute Gasteiger partial charge is 0.597 e. The zero-order chi connectivity index (χ0) is 7.98. The van der Waals surface area contributed by atoms with E-state index >= 15 is 0 Å². The zero-order valence-electron chi connectivity index (χ0n) is 5.61. The van der Waals surface area contributed by atoms with Crippen molar-refractivity contribution in [2.24, 2.45) is 11.0 Å². The summed E-state index contributed by atoms with van der Waals surface area (Å²) in [6.07, 6.45) is 0. The van der Waals surface area contributed by atoms with E-state index in [1.54, 1.807) is 6.92 Å². The molecule has 0 atom stereocenters. The first-order chi connectivity index (χ1) is 4.66. The van der Waals surface area contributed by atoms with Crippen LogP contribution in [0.1, 0.15) is 6.92 Å². The lowest BCUT2D eigenvalue weighted by molar-refractivity contribution is -0.547.